The van der Waals surface area contributed by atoms with Crippen LogP contribution in [-0.2, 0) is 12.8 Å². The molecule has 8 rings (SSSR count). The zero-order valence-corrected chi connectivity index (χ0v) is 36.7. The van der Waals surface area contributed by atoms with Gasteiger partial charge in [-0.25, -0.2) is 0 Å². The van der Waals surface area contributed by atoms with Crippen molar-refractivity contribution < 1.29 is 100 Å². The summed E-state index contributed by atoms with van der Waals surface area (Å²) >= 11 is 0. The van der Waals surface area contributed by atoms with Gasteiger partial charge in [-0.1, -0.05) is 26.7 Å². The van der Waals surface area contributed by atoms with E-state index in [1.165, 1.54) is 26.4 Å². The lowest BCUT2D eigenvalue weighted by Crippen LogP contribution is -2.79. The number of Topliss-reactive ketones (excluding diaryl/α,β-unsaturated/α-hetero) is 2. The van der Waals surface area contributed by atoms with E-state index in [0.717, 1.165) is 14.2 Å². The molecule has 20 heteroatoms. The lowest BCUT2D eigenvalue weighted by molar-refractivity contribution is -0.282. The monoisotopic (exact) mass is 926 g/mol. The normalized spacial score (nSPS) is 33.8. The Morgan fingerprint density at radius 2 is 0.803 bits per heavy atom. The second kappa shape index (κ2) is 15.7. The molecule has 0 spiro atoms. The lowest BCUT2D eigenvalue weighted by atomic mass is 9.54. The first kappa shape index (κ1) is 47.2. The summed E-state index contributed by atoms with van der Waals surface area (Å²) in [5.41, 5.74) is -13.9. The Morgan fingerprint density at radius 3 is 1.09 bits per heavy atom. The van der Waals surface area contributed by atoms with Gasteiger partial charge in [0.15, 0.2) is 34.2 Å². The Balaban J connectivity index is 1.44. The minimum atomic E-state index is -3.00. The average Bonchev–Trinajstić information content (AvgIpc) is 3.28. The number of carbonyl (C=O) groups excluding carboxylic acids is 2. The van der Waals surface area contributed by atoms with Crippen molar-refractivity contribution in [2.24, 2.45) is 11.8 Å². The SMILES string of the molecule is CCCC1(O)C(O)C(O)C(O)C2Cc3cc4c(OC)c(OC)c(-c5c(OC)c(OC)c6cc7c(c(O)c6c5O)C(=O)C5(O)C(C7)C(O)C(O)C(O)C5(O)CCC)c(O)c4c(O)c3C(=O)C21O. The highest BCUT2D eigenvalue weighted by Gasteiger charge is 2.72. The van der Waals surface area contributed by atoms with Gasteiger partial charge in [0, 0.05) is 22.6 Å². The number of phenolic OH excluding ortho intramolecular Hbond substituents is 4. The highest BCUT2D eigenvalue weighted by molar-refractivity contribution is 6.19. The maximum atomic E-state index is 14.7. The van der Waals surface area contributed by atoms with E-state index in [4.69, 9.17) is 18.9 Å². The number of ketones is 2. The first-order valence-electron chi connectivity index (χ1n) is 21.4. The molecule has 2 saturated carbocycles. The minimum Gasteiger partial charge on any atom is -0.506 e. The smallest absolute Gasteiger partial charge is 0.201 e. The summed E-state index contributed by atoms with van der Waals surface area (Å²) in [7, 11) is 4.68. The summed E-state index contributed by atoms with van der Waals surface area (Å²) in [5, 5.41) is 162. The van der Waals surface area contributed by atoms with Crippen molar-refractivity contribution in [1.29, 1.82) is 0 Å². The fraction of sp³-hybridized carbons (Fsp3) is 0.522. The largest absolute Gasteiger partial charge is 0.506 e. The maximum Gasteiger partial charge on any atom is 0.201 e. The number of aliphatic hydroxyl groups is 10. The number of carbonyl (C=O) groups is 2. The van der Waals surface area contributed by atoms with E-state index in [-0.39, 0.29) is 57.7 Å². The highest BCUT2D eigenvalue weighted by Crippen LogP contribution is 2.63. The molecule has 2 fully saturated rings. The molecular formula is C46H54O20. The summed E-state index contributed by atoms with van der Waals surface area (Å²) < 4.78 is 23.1. The van der Waals surface area contributed by atoms with Crippen LogP contribution in [0.25, 0.3) is 32.7 Å². The van der Waals surface area contributed by atoms with Gasteiger partial charge in [0.25, 0.3) is 0 Å². The molecule has 358 valence electrons. The van der Waals surface area contributed by atoms with Gasteiger partial charge in [-0.15, -0.1) is 0 Å². The van der Waals surface area contributed by atoms with Crippen LogP contribution in [0.5, 0.6) is 46.0 Å². The van der Waals surface area contributed by atoms with Gasteiger partial charge in [-0.05, 0) is 48.9 Å². The Hall–Kier alpha value is -5.26. The number of phenols is 4. The number of rotatable bonds is 9. The van der Waals surface area contributed by atoms with Crippen LogP contribution in [0.4, 0.5) is 0 Å². The topological polar surface area (TPSA) is 354 Å². The van der Waals surface area contributed by atoms with Crippen LogP contribution >= 0.6 is 0 Å². The minimum absolute atomic E-state index is 0.0388. The Bertz CT molecular complexity index is 2540. The molecule has 0 radical (unpaired) electrons. The molecule has 0 aromatic heterocycles. The zero-order valence-electron chi connectivity index (χ0n) is 36.7. The number of ether oxygens (including phenoxy) is 4. The van der Waals surface area contributed by atoms with Crippen LogP contribution in [-0.4, -0.2) is 171 Å². The molecule has 0 heterocycles. The molecule has 0 aliphatic heterocycles. The molecule has 4 aliphatic carbocycles. The van der Waals surface area contributed by atoms with E-state index >= 15 is 0 Å². The molecule has 66 heavy (non-hydrogen) atoms. The Labute approximate surface area is 375 Å². The molecular weight excluding hydrogens is 872 g/mol. The van der Waals surface area contributed by atoms with Gasteiger partial charge in [0.05, 0.1) is 73.7 Å². The van der Waals surface area contributed by atoms with Crippen LogP contribution in [0.15, 0.2) is 12.1 Å². The van der Waals surface area contributed by atoms with Crippen LogP contribution in [0.2, 0.25) is 0 Å². The molecule has 12 atom stereocenters. The first-order chi connectivity index (χ1) is 31.0. The first-order valence-corrected chi connectivity index (χ1v) is 21.4. The van der Waals surface area contributed by atoms with Crippen LogP contribution < -0.4 is 18.9 Å². The predicted octanol–water partition coefficient (Wildman–Crippen LogP) is -0.0560. The molecule has 4 aromatic rings. The van der Waals surface area contributed by atoms with Crippen molar-refractivity contribution in [3.05, 3.63) is 34.4 Å². The summed E-state index contributed by atoms with van der Waals surface area (Å²) in [6.45, 7) is 3.16. The second-order valence-electron chi connectivity index (χ2n) is 18.0. The van der Waals surface area contributed by atoms with Crippen LogP contribution in [0, 0.1) is 11.8 Å². The highest BCUT2D eigenvalue weighted by atomic mass is 16.5. The van der Waals surface area contributed by atoms with Gasteiger partial charge >= 0.3 is 0 Å². The van der Waals surface area contributed by atoms with Crippen molar-refractivity contribution >= 4 is 33.1 Å². The third-order valence-electron chi connectivity index (χ3n) is 15.0. The number of hydrogen-bond donors (Lipinski definition) is 14. The van der Waals surface area contributed by atoms with Gasteiger partial charge in [0.2, 0.25) is 11.6 Å². The third kappa shape index (κ3) is 5.50. The zero-order chi connectivity index (χ0) is 48.7. The number of aliphatic hydroxyl groups excluding tert-OH is 6. The average molecular weight is 927 g/mol. The van der Waals surface area contributed by atoms with Crippen LogP contribution in [0.3, 0.4) is 0 Å². The van der Waals surface area contributed by atoms with Gasteiger partial charge in [-0.2, -0.15) is 0 Å². The van der Waals surface area contributed by atoms with E-state index in [2.05, 4.69) is 0 Å². The van der Waals surface area contributed by atoms with Crippen LogP contribution in [0.1, 0.15) is 71.4 Å². The summed E-state index contributed by atoms with van der Waals surface area (Å²) in [4.78, 5) is 29.3. The number of fused-ring (bicyclic) bond motifs is 6. The molecule has 4 aromatic carbocycles. The number of hydrogen-bond acceptors (Lipinski definition) is 20. The molecule has 4 aliphatic rings. The third-order valence-corrected chi connectivity index (χ3v) is 15.0. The molecule has 0 amide bonds. The van der Waals surface area contributed by atoms with Crippen molar-refractivity contribution in [1.82, 2.24) is 0 Å². The van der Waals surface area contributed by atoms with Gasteiger partial charge in [0.1, 0.15) is 58.6 Å². The predicted molar refractivity (Wildman–Crippen MR) is 228 cm³/mol. The molecule has 12 unspecified atom stereocenters. The summed E-state index contributed by atoms with van der Waals surface area (Å²) in [6.07, 6.45) is -13.9. The number of methoxy groups -OCH3 is 4. The molecule has 14 N–H and O–H groups in total. The maximum absolute atomic E-state index is 14.7. The fourth-order valence-electron chi connectivity index (χ4n) is 11.9. The Kier molecular flexibility index (Phi) is 11.2. The van der Waals surface area contributed by atoms with E-state index in [9.17, 15) is 81.1 Å². The number of benzene rings is 4. The van der Waals surface area contributed by atoms with E-state index in [1.54, 1.807) is 13.8 Å². The molecule has 20 nitrogen and oxygen atoms in total. The van der Waals surface area contributed by atoms with Gasteiger partial charge in [-0.3, -0.25) is 9.59 Å². The van der Waals surface area contributed by atoms with Crippen molar-refractivity contribution in [2.45, 2.75) is 111 Å². The summed E-state index contributed by atoms with van der Waals surface area (Å²) in [5.74, 6) is -11.0. The molecule has 0 bridgehead atoms. The van der Waals surface area contributed by atoms with E-state index in [0.29, 0.717) is 0 Å². The lowest BCUT2D eigenvalue weighted by Gasteiger charge is -2.57. The molecule has 0 saturated heterocycles. The number of aromatic hydroxyl groups is 4. The Morgan fingerprint density at radius 1 is 0.500 bits per heavy atom. The summed E-state index contributed by atoms with van der Waals surface area (Å²) in [6, 6.07) is 2.57. The van der Waals surface area contributed by atoms with Gasteiger partial charge < -0.3 is 90.4 Å². The van der Waals surface area contributed by atoms with E-state index in [1.807, 2.05) is 0 Å². The van der Waals surface area contributed by atoms with Crippen molar-refractivity contribution in [2.75, 3.05) is 28.4 Å². The standard InChI is InChI=1S/C46H54O20/c1-7-9-43(59)41(57)33(53)27(47)19-13-15-11-17-23(29(49)21(15)39(55)45(19,43)61)31(51)25(37(65-5)35(17)63-3)26-32(52)24-18(36(64-4)38(26)66-6)12-16-14-20-28(48)34(54)42(58)44(60,10-8-2)46(20,62)40(56)22(16)30(24)50/h11-12,19-20,27-28,33-34,41-42,47-54,57-62H,7-10,13-14H2,1-6H3. The quantitative estimate of drug-likeness (QED) is 0.105. The van der Waals surface area contributed by atoms with E-state index < -0.39 is 164 Å². The van der Waals surface area contributed by atoms with Crippen molar-refractivity contribution in [3.63, 3.8) is 0 Å². The second-order valence-corrected chi connectivity index (χ2v) is 18.0. The fourth-order valence-corrected chi connectivity index (χ4v) is 11.9. The van der Waals surface area contributed by atoms with Crippen molar-refractivity contribution in [3.8, 4) is 57.1 Å².